The molecular weight excluding hydrogens is 474 g/mol. The van der Waals surface area contributed by atoms with Crippen molar-refractivity contribution in [3.8, 4) is 5.75 Å². The fraction of sp³-hybridized carbons (Fsp3) is 0.385. The van der Waals surface area contributed by atoms with E-state index in [-0.39, 0.29) is 18.4 Å². The van der Waals surface area contributed by atoms with Gasteiger partial charge in [-0.1, -0.05) is 37.6 Å². The van der Waals surface area contributed by atoms with Gasteiger partial charge < -0.3 is 14.2 Å². The highest BCUT2D eigenvalue weighted by Crippen LogP contribution is 2.32. The summed E-state index contributed by atoms with van der Waals surface area (Å²) < 4.78 is 95.0. The third-order valence-electron chi connectivity index (χ3n) is 5.95. The average molecular weight is 498 g/mol. The van der Waals surface area contributed by atoms with Crippen LogP contribution in [0.2, 0.25) is 0 Å². The molecule has 1 fully saturated rings. The summed E-state index contributed by atoms with van der Waals surface area (Å²) in [6, 6.07) is 10.0. The van der Waals surface area contributed by atoms with E-state index in [0.29, 0.717) is 35.5 Å². The van der Waals surface area contributed by atoms with Crippen molar-refractivity contribution in [2.75, 3.05) is 13.2 Å². The first kappa shape index (κ1) is 25.3. The van der Waals surface area contributed by atoms with E-state index in [9.17, 15) is 22.0 Å². The Morgan fingerprint density at radius 1 is 0.914 bits per heavy atom. The minimum absolute atomic E-state index is 0.0172. The lowest BCUT2D eigenvalue weighted by atomic mass is 9.98. The van der Waals surface area contributed by atoms with Crippen LogP contribution in [0.4, 0.5) is 26.3 Å². The minimum atomic E-state index is -5.22. The standard InChI is InChI=1S/C26H24F6O3/c1-2-3-16-13-33-25(34-14-16)19-8-9-20-18(12-19)7-6-17(23(20)29)5-4-15-10-21(27)24(22(28)11-15)35-26(30,31)32/h6-12,16,25H,2-5,13-14H2,1H3. The zero-order valence-electron chi connectivity index (χ0n) is 18.9. The van der Waals surface area contributed by atoms with E-state index in [0.717, 1.165) is 30.5 Å². The van der Waals surface area contributed by atoms with Crippen LogP contribution in [-0.2, 0) is 22.3 Å². The van der Waals surface area contributed by atoms with Crippen LogP contribution in [0.1, 0.15) is 42.7 Å². The van der Waals surface area contributed by atoms with Gasteiger partial charge in [0.25, 0.3) is 0 Å². The molecule has 0 radical (unpaired) electrons. The molecule has 1 aliphatic rings. The molecule has 0 aliphatic carbocycles. The van der Waals surface area contributed by atoms with Gasteiger partial charge in [0.2, 0.25) is 5.75 Å². The third kappa shape index (κ3) is 6.08. The summed E-state index contributed by atoms with van der Waals surface area (Å²) >= 11 is 0. The number of halogens is 6. The van der Waals surface area contributed by atoms with Crippen molar-refractivity contribution in [2.24, 2.45) is 5.92 Å². The second-order valence-electron chi connectivity index (χ2n) is 8.61. The first-order chi connectivity index (χ1) is 16.6. The predicted molar refractivity (Wildman–Crippen MR) is 117 cm³/mol. The summed E-state index contributed by atoms with van der Waals surface area (Å²) in [7, 11) is 0. The van der Waals surface area contributed by atoms with Crippen LogP contribution >= 0.6 is 0 Å². The van der Waals surface area contributed by atoms with E-state index in [2.05, 4.69) is 11.7 Å². The summed E-state index contributed by atoms with van der Waals surface area (Å²) in [5.41, 5.74) is 1.18. The number of fused-ring (bicyclic) bond motifs is 1. The molecule has 35 heavy (non-hydrogen) atoms. The van der Waals surface area contributed by atoms with Crippen molar-refractivity contribution in [3.63, 3.8) is 0 Å². The second kappa shape index (κ2) is 10.5. The second-order valence-corrected chi connectivity index (χ2v) is 8.61. The van der Waals surface area contributed by atoms with Gasteiger partial charge in [0.15, 0.2) is 17.9 Å². The van der Waals surface area contributed by atoms with E-state index in [1.807, 2.05) is 0 Å². The summed E-state index contributed by atoms with van der Waals surface area (Å²) in [5, 5.41) is 1.02. The Balaban J connectivity index is 1.46. The molecule has 1 aliphatic heterocycles. The monoisotopic (exact) mass is 498 g/mol. The number of ether oxygens (including phenoxy) is 3. The van der Waals surface area contributed by atoms with Gasteiger partial charge in [-0.2, -0.15) is 0 Å². The predicted octanol–water partition coefficient (Wildman–Crippen LogP) is 7.40. The van der Waals surface area contributed by atoms with Gasteiger partial charge in [-0.25, -0.2) is 13.2 Å². The molecule has 188 valence electrons. The van der Waals surface area contributed by atoms with Crippen molar-refractivity contribution in [1.82, 2.24) is 0 Å². The van der Waals surface area contributed by atoms with Crippen LogP contribution in [0.25, 0.3) is 10.8 Å². The normalized spacial score (nSPS) is 18.7. The number of hydrogen-bond donors (Lipinski definition) is 0. The number of rotatable bonds is 7. The lowest BCUT2D eigenvalue weighted by Crippen LogP contribution is -2.26. The quantitative estimate of drug-likeness (QED) is 0.318. The van der Waals surface area contributed by atoms with Gasteiger partial charge in [-0.3, -0.25) is 0 Å². The first-order valence-electron chi connectivity index (χ1n) is 11.3. The van der Waals surface area contributed by atoms with E-state index in [1.54, 1.807) is 30.3 Å². The third-order valence-corrected chi connectivity index (χ3v) is 5.95. The SMILES string of the molecule is CCCC1COC(c2ccc3c(F)c(CCc4cc(F)c(OC(F)(F)F)c(F)c4)ccc3c2)OC1. The number of benzene rings is 3. The Morgan fingerprint density at radius 2 is 1.60 bits per heavy atom. The van der Waals surface area contributed by atoms with Crippen LogP contribution in [0.3, 0.4) is 0 Å². The Bertz CT molecular complexity index is 1160. The number of aryl methyl sites for hydroxylation is 2. The molecule has 3 aromatic carbocycles. The molecule has 0 bridgehead atoms. The lowest BCUT2D eigenvalue weighted by molar-refractivity contribution is -0.276. The summed E-state index contributed by atoms with van der Waals surface area (Å²) in [4.78, 5) is 0. The van der Waals surface area contributed by atoms with Crippen LogP contribution in [0, 0.1) is 23.4 Å². The van der Waals surface area contributed by atoms with E-state index in [1.165, 1.54) is 0 Å². The molecular formula is C26H24F6O3. The van der Waals surface area contributed by atoms with Crippen LogP contribution in [0.15, 0.2) is 42.5 Å². The molecule has 0 N–H and O–H groups in total. The zero-order valence-corrected chi connectivity index (χ0v) is 18.9. The van der Waals surface area contributed by atoms with Gasteiger partial charge in [0, 0.05) is 16.9 Å². The number of alkyl halides is 3. The van der Waals surface area contributed by atoms with Crippen molar-refractivity contribution in [1.29, 1.82) is 0 Å². The maximum absolute atomic E-state index is 15.1. The van der Waals surface area contributed by atoms with E-state index >= 15 is 4.39 Å². The van der Waals surface area contributed by atoms with E-state index < -0.39 is 35.9 Å². The molecule has 3 nitrogen and oxygen atoms in total. The summed E-state index contributed by atoms with van der Waals surface area (Å²) in [6.45, 7) is 3.32. The highest BCUT2D eigenvalue weighted by Gasteiger charge is 2.34. The first-order valence-corrected chi connectivity index (χ1v) is 11.3. The molecule has 9 heteroatoms. The molecule has 0 atom stereocenters. The maximum atomic E-state index is 15.1. The smallest absolute Gasteiger partial charge is 0.399 e. The maximum Gasteiger partial charge on any atom is 0.573 e. The van der Waals surface area contributed by atoms with E-state index in [4.69, 9.17) is 9.47 Å². The van der Waals surface area contributed by atoms with Gasteiger partial charge in [0.1, 0.15) is 5.82 Å². The van der Waals surface area contributed by atoms with Gasteiger partial charge in [-0.05, 0) is 54.0 Å². The van der Waals surface area contributed by atoms with Crippen molar-refractivity contribution < 1.29 is 40.6 Å². The Morgan fingerprint density at radius 3 is 2.23 bits per heavy atom. The molecule has 0 amide bonds. The van der Waals surface area contributed by atoms with Gasteiger partial charge >= 0.3 is 6.36 Å². The van der Waals surface area contributed by atoms with Crippen molar-refractivity contribution in [3.05, 3.63) is 76.6 Å². The summed E-state index contributed by atoms with van der Waals surface area (Å²) in [6.07, 6.45) is -3.53. The van der Waals surface area contributed by atoms with Crippen LogP contribution in [-0.4, -0.2) is 19.6 Å². The molecule has 0 aromatic heterocycles. The van der Waals surface area contributed by atoms with Gasteiger partial charge in [0.05, 0.1) is 13.2 Å². The Labute approximate surface area is 198 Å². The molecule has 3 aromatic rings. The number of hydrogen-bond acceptors (Lipinski definition) is 3. The molecule has 1 saturated heterocycles. The largest absolute Gasteiger partial charge is 0.573 e. The molecule has 1 heterocycles. The topological polar surface area (TPSA) is 27.7 Å². The fourth-order valence-corrected chi connectivity index (χ4v) is 4.25. The molecule has 4 rings (SSSR count). The van der Waals surface area contributed by atoms with Crippen molar-refractivity contribution in [2.45, 2.75) is 45.3 Å². The Hall–Kier alpha value is -2.78. The van der Waals surface area contributed by atoms with Crippen molar-refractivity contribution >= 4 is 10.8 Å². The van der Waals surface area contributed by atoms with Crippen LogP contribution < -0.4 is 4.74 Å². The lowest BCUT2D eigenvalue weighted by Gasteiger charge is -2.29. The molecule has 0 saturated carbocycles. The Kier molecular flexibility index (Phi) is 7.56. The molecule has 0 spiro atoms. The highest BCUT2D eigenvalue weighted by molar-refractivity contribution is 5.84. The fourth-order valence-electron chi connectivity index (χ4n) is 4.25. The molecule has 0 unspecified atom stereocenters. The van der Waals surface area contributed by atoms with Gasteiger partial charge in [-0.15, -0.1) is 13.2 Å². The summed E-state index contributed by atoms with van der Waals surface area (Å²) in [5.74, 6) is -4.57. The highest BCUT2D eigenvalue weighted by atomic mass is 19.4. The zero-order chi connectivity index (χ0) is 25.2. The minimum Gasteiger partial charge on any atom is -0.399 e. The van der Waals surface area contributed by atoms with Crippen LogP contribution in [0.5, 0.6) is 5.75 Å². The average Bonchev–Trinajstić information content (AvgIpc) is 2.81.